The molecule has 0 atom stereocenters. The molecule has 1 heterocycles. The topological polar surface area (TPSA) is 25.2 Å². The van der Waals surface area contributed by atoms with Gasteiger partial charge in [-0.25, -0.2) is 0 Å². The number of benzene rings is 2. The van der Waals surface area contributed by atoms with E-state index in [4.69, 9.17) is 4.99 Å². The maximum absolute atomic E-state index is 4.94. The molecule has 108 valence electrons. The molecule has 0 saturated heterocycles. The van der Waals surface area contributed by atoms with Gasteiger partial charge in [-0.3, -0.25) is 9.98 Å². The minimum Gasteiger partial charge on any atom is -0.275 e. The third kappa shape index (κ3) is 3.29. The summed E-state index contributed by atoms with van der Waals surface area (Å²) in [6.45, 7) is 2.02. The second kappa shape index (κ2) is 6.81. The summed E-state index contributed by atoms with van der Waals surface area (Å²) in [4.78, 5) is 9.33. The van der Waals surface area contributed by atoms with E-state index in [1.807, 2.05) is 37.3 Å². The minimum atomic E-state index is -0.00981. The Labute approximate surface area is 131 Å². The number of hydrogen-bond donors (Lipinski definition) is 0. The summed E-state index contributed by atoms with van der Waals surface area (Å²) in [6.07, 6.45) is 1.80. The zero-order valence-electron chi connectivity index (χ0n) is 12.6. The van der Waals surface area contributed by atoms with Crippen molar-refractivity contribution in [3.63, 3.8) is 0 Å². The molecule has 2 nitrogen and oxygen atoms in total. The molecule has 0 aliphatic carbocycles. The van der Waals surface area contributed by atoms with Crippen LogP contribution in [0.5, 0.6) is 0 Å². The molecule has 22 heavy (non-hydrogen) atoms. The summed E-state index contributed by atoms with van der Waals surface area (Å²) in [5, 5.41) is 0. The van der Waals surface area contributed by atoms with E-state index >= 15 is 0 Å². The molecule has 0 unspecified atom stereocenters. The SMILES string of the molecule is CC(=NC(c1ccccc1)c1ccccc1)c1ccccn1. The molecule has 3 rings (SSSR count). The predicted octanol–water partition coefficient (Wildman–Crippen LogP) is 4.68. The van der Waals surface area contributed by atoms with Crippen molar-refractivity contribution in [3.8, 4) is 0 Å². The van der Waals surface area contributed by atoms with Gasteiger partial charge < -0.3 is 0 Å². The zero-order valence-corrected chi connectivity index (χ0v) is 12.6. The van der Waals surface area contributed by atoms with Crippen molar-refractivity contribution in [3.05, 3.63) is 102 Å². The van der Waals surface area contributed by atoms with E-state index in [2.05, 4.69) is 53.5 Å². The molecular formula is C20H18N2. The molecule has 0 radical (unpaired) electrons. The standard InChI is InChI=1S/C20H18N2/c1-16(19-14-8-9-15-21-19)22-20(17-10-4-2-5-11-17)18-12-6-3-7-13-18/h2-15,20H,1H3. The van der Waals surface area contributed by atoms with Gasteiger partial charge in [0.2, 0.25) is 0 Å². The first-order valence-electron chi connectivity index (χ1n) is 7.40. The Morgan fingerprint density at radius 2 is 1.32 bits per heavy atom. The Kier molecular flexibility index (Phi) is 4.40. The van der Waals surface area contributed by atoms with Crippen molar-refractivity contribution in [2.75, 3.05) is 0 Å². The van der Waals surface area contributed by atoms with Gasteiger partial charge in [0, 0.05) is 6.20 Å². The van der Waals surface area contributed by atoms with Gasteiger partial charge in [0.25, 0.3) is 0 Å². The molecule has 0 spiro atoms. The van der Waals surface area contributed by atoms with Crippen molar-refractivity contribution in [1.29, 1.82) is 0 Å². The summed E-state index contributed by atoms with van der Waals surface area (Å²) in [6, 6.07) is 26.6. The predicted molar refractivity (Wildman–Crippen MR) is 91.2 cm³/mol. The molecule has 0 aliphatic heterocycles. The van der Waals surface area contributed by atoms with Crippen LogP contribution in [0.4, 0.5) is 0 Å². The molecule has 1 aromatic heterocycles. The van der Waals surface area contributed by atoms with E-state index in [-0.39, 0.29) is 6.04 Å². The third-order valence-corrected chi connectivity index (χ3v) is 3.59. The third-order valence-electron chi connectivity index (χ3n) is 3.59. The smallest absolute Gasteiger partial charge is 0.100 e. The van der Waals surface area contributed by atoms with Gasteiger partial charge in [-0.05, 0) is 30.2 Å². The number of aliphatic imine (C=N–C) groups is 1. The van der Waals surface area contributed by atoms with Crippen LogP contribution >= 0.6 is 0 Å². The maximum atomic E-state index is 4.94. The number of pyridine rings is 1. The molecule has 0 aliphatic rings. The Bertz CT molecular complexity index is 695. The number of aromatic nitrogens is 1. The highest BCUT2D eigenvalue weighted by molar-refractivity contribution is 5.97. The summed E-state index contributed by atoms with van der Waals surface area (Å²) in [5.74, 6) is 0. The Morgan fingerprint density at radius 3 is 1.82 bits per heavy atom. The van der Waals surface area contributed by atoms with Gasteiger partial charge in [0.1, 0.15) is 6.04 Å². The Hall–Kier alpha value is -2.74. The lowest BCUT2D eigenvalue weighted by Gasteiger charge is -2.15. The first-order chi connectivity index (χ1) is 10.8. The Morgan fingerprint density at radius 1 is 0.773 bits per heavy atom. The fourth-order valence-electron chi connectivity index (χ4n) is 2.45. The highest BCUT2D eigenvalue weighted by Gasteiger charge is 2.13. The van der Waals surface area contributed by atoms with E-state index in [0.717, 1.165) is 11.4 Å². The van der Waals surface area contributed by atoms with E-state index in [0.29, 0.717) is 0 Å². The van der Waals surface area contributed by atoms with Crippen LogP contribution in [0, 0.1) is 0 Å². The maximum Gasteiger partial charge on any atom is 0.100 e. The van der Waals surface area contributed by atoms with Gasteiger partial charge in [-0.1, -0.05) is 66.7 Å². The highest BCUT2D eigenvalue weighted by atomic mass is 14.8. The largest absolute Gasteiger partial charge is 0.275 e. The molecule has 0 N–H and O–H groups in total. The number of rotatable bonds is 4. The second-order valence-corrected chi connectivity index (χ2v) is 5.15. The van der Waals surface area contributed by atoms with Gasteiger partial charge in [-0.15, -0.1) is 0 Å². The lowest BCUT2D eigenvalue weighted by molar-refractivity contribution is 0.870. The van der Waals surface area contributed by atoms with Crippen LogP contribution in [-0.4, -0.2) is 10.7 Å². The van der Waals surface area contributed by atoms with Crippen molar-refractivity contribution < 1.29 is 0 Å². The van der Waals surface area contributed by atoms with Gasteiger partial charge in [0.15, 0.2) is 0 Å². The van der Waals surface area contributed by atoms with Gasteiger partial charge in [0.05, 0.1) is 11.4 Å². The monoisotopic (exact) mass is 286 g/mol. The highest BCUT2D eigenvalue weighted by Crippen LogP contribution is 2.26. The molecular weight excluding hydrogens is 268 g/mol. The van der Waals surface area contributed by atoms with Gasteiger partial charge in [-0.2, -0.15) is 0 Å². The van der Waals surface area contributed by atoms with Gasteiger partial charge >= 0.3 is 0 Å². The zero-order chi connectivity index (χ0) is 15.2. The van der Waals surface area contributed by atoms with Crippen LogP contribution < -0.4 is 0 Å². The van der Waals surface area contributed by atoms with Crippen LogP contribution in [0.15, 0.2) is 90.1 Å². The van der Waals surface area contributed by atoms with E-state index in [9.17, 15) is 0 Å². The number of nitrogens with zero attached hydrogens (tertiary/aromatic N) is 2. The van der Waals surface area contributed by atoms with E-state index in [1.54, 1.807) is 6.20 Å². The van der Waals surface area contributed by atoms with Crippen LogP contribution in [0.2, 0.25) is 0 Å². The summed E-state index contributed by atoms with van der Waals surface area (Å²) in [7, 11) is 0. The molecule has 0 amide bonds. The molecule has 0 bridgehead atoms. The van der Waals surface area contributed by atoms with Crippen molar-refractivity contribution in [1.82, 2.24) is 4.98 Å². The lowest BCUT2D eigenvalue weighted by atomic mass is 9.99. The molecule has 0 saturated carbocycles. The number of hydrogen-bond acceptors (Lipinski definition) is 2. The lowest BCUT2D eigenvalue weighted by Crippen LogP contribution is -2.04. The van der Waals surface area contributed by atoms with Crippen molar-refractivity contribution in [2.45, 2.75) is 13.0 Å². The molecule has 2 aromatic carbocycles. The average Bonchev–Trinajstić information content (AvgIpc) is 2.62. The molecule has 2 heteroatoms. The second-order valence-electron chi connectivity index (χ2n) is 5.15. The van der Waals surface area contributed by atoms with E-state index < -0.39 is 0 Å². The quantitative estimate of drug-likeness (QED) is 0.639. The Balaban J connectivity index is 2.03. The van der Waals surface area contributed by atoms with Crippen molar-refractivity contribution in [2.24, 2.45) is 4.99 Å². The summed E-state index contributed by atoms with van der Waals surface area (Å²) in [5.41, 5.74) is 4.23. The van der Waals surface area contributed by atoms with Crippen molar-refractivity contribution >= 4 is 5.71 Å². The first-order valence-corrected chi connectivity index (χ1v) is 7.40. The fourth-order valence-corrected chi connectivity index (χ4v) is 2.45. The fraction of sp³-hybridized carbons (Fsp3) is 0.100. The van der Waals surface area contributed by atoms with Crippen LogP contribution in [0.25, 0.3) is 0 Å². The van der Waals surface area contributed by atoms with Crippen LogP contribution in [0.1, 0.15) is 29.8 Å². The van der Waals surface area contributed by atoms with Crippen LogP contribution in [0.3, 0.4) is 0 Å². The summed E-state index contributed by atoms with van der Waals surface area (Å²) < 4.78 is 0. The average molecular weight is 286 g/mol. The summed E-state index contributed by atoms with van der Waals surface area (Å²) >= 11 is 0. The minimum absolute atomic E-state index is 0.00981. The first kappa shape index (κ1) is 14.2. The van der Waals surface area contributed by atoms with Crippen LogP contribution in [-0.2, 0) is 0 Å². The normalized spacial score (nSPS) is 11.6. The molecule has 0 fully saturated rings. The van der Waals surface area contributed by atoms with E-state index in [1.165, 1.54) is 11.1 Å². The molecule has 3 aromatic rings.